The second kappa shape index (κ2) is 4.92. The molecule has 0 saturated carbocycles. The molecule has 3 N–H and O–H groups in total. The highest BCUT2D eigenvalue weighted by Gasteiger charge is 2.30. The van der Waals surface area contributed by atoms with Crippen LogP contribution in [-0.2, 0) is 6.18 Å². The monoisotopic (exact) mass is 230 g/mol. The lowest BCUT2D eigenvalue weighted by Gasteiger charge is -2.11. The van der Waals surface area contributed by atoms with Gasteiger partial charge < -0.3 is 11.1 Å². The van der Waals surface area contributed by atoms with Crippen LogP contribution >= 0.6 is 0 Å². The van der Waals surface area contributed by atoms with E-state index in [2.05, 4.69) is 11.9 Å². The van der Waals surface area contributed by atoms with Crippen LogP contribution < -0.4 is 11.1 Å². The SMILES string of the molecule is C=CCCNc1ccc(C(F)(F)F)cc1N. The van der Waals surface area contributed by atoms with E-state index in [1.165, 1.54) is 6.07 Å². The zero-order valence-corrected chi connectivity index (χ0v) is 8.64. The highest BCUT2D eigenvalue weighted by Crippen LogP contribution is 2.32. The van der Waals surface area contributed by atoms with E-state index in [-0.39, 0.29) is 5.69 Å². The second-order valence-electron chi connectivity index (χ2n) is 3.30. The fourth-order valence-electron chi connectivity index (χ4n) is 1.21. The standard InChI is InChI=1S/C11H13F3N2/c1-2-3-6-16-10-5-4-8(7-9(10)15)11(12,13)14/h2,4-5,7,16H,1,3,6,15H2. The summed E-state index contributed by atoms with van der Waals surface area (Å²) in [4.78, 5) is 0. The van der Waals surface area contributed by atoms with Crippen molar-refractivity contribution in [3.05, 3.63) is 36.4 Å². The number of anilines is 2. The fourth-order valence-corrected chi connectivity index (χ4v) is 1.21. The van der Waals surface area contributed by atoms with Crippen molar-refractivity contribution < 1.29 is 13.2 Å². The first-order chi connectivity index (χ1) is 7.45. The summed E-state index contributed by atoms with van der Waals surface area (Å²) in [5.41, 5.74) is 5.38. The van der Waals surface area contributed by atoms with Crippen LogP contribution in [0.5, 0.6) is 0 Å². The lowest BCUT2D eigenvalue weighted by Crippen LogP contribution is -2.08. The van der Waals surface area contributed by atoms with Gasteiger partial charge in [0.25, 0.3) is 0 Å². The lowest BCUT2D eigenvalue weighted by molar-refractivity contribution is -0.137. The van der Waals surface area contributed by atoms with Crippen LogP contribution in [0, 0.1) is 0 Å². The van der Waals surface area contributed by atoms with Gasteiger partial charge in [0.1, 0.15) is 0 Å². The molecule has 0 saturated heterocycles. The summed E-state index contributed by atoms with van der Waals surface area (Å²) < 4.78 is 37.0. The number of rotatable bonds is 4. The third-order valence-corrected chi connectivity index (χ3v) is 2.04. The Bertz CT molecular complexity index is 372. The van der Waals surface area contributed by atoms with Gasteiger partial charge in [0, 0.05) is 6.54 Å². The predicted molar refractivity (Wildman–Crippen MR) is 59.2 cm³/mol. The lowest BCUT2D eigenvalue weighted by atomic mass is 10.1. The molecular formula is C11H13F3N2. The van der Waals surface area contributed by atoms with Crippen LogP contribution in [0.3, 0.4) is 0 Å². The molecule has 16 heavy (non-hydrogen) atoms. The molecule has 2 nitrogen and oxygen atoms in total. The Hall–Kier alpha value is -1.65. The van der Waals surface area contributed by atoms with E-state index >= 15 is 0 Å². The molecule has 0 spiro atoms. The molecule has 0 fully saturated rings. The number of halogens is 3. The normalized spacial score (nSPS) is 11.2. The number of benzene rings is 1. The van der Waals surface area contributed by atoms with Crippen molar-refractivity contribution in [2.45, 2.75) is 12.6 Å². The summed E-state index contributed by atoms with van der Waals surface area (Å²) in [5, 5.41) is 2.93. The van der Waals surface area contributed by atoms with Crippen LogP contribution in [0.4, 0.5) is 24.5 Å². The van der Waals surface area contributed by atoms with Crippen LogP contribution in [-0.4, -0.2) is 6.54 Å². The molecule has 0 radical (unpaired) electrons. The number of hydrogen-bond acceptors (Lipinski definition) is 2. The first-order valence-corrected chi connectivity index (χ1v) is 4.76. The van der Waals surface area contributed by atoms with Crippen LogP contribution in [0.15, 0.2) is 30.9 Å². The molecular weight excluding hydrogens is 217 g/mol. The molecule has 0 amide bonds. The third-order valence-electron chi connectivity index (χ3n) is 2.04. The molecule has 0 aliphatic rings. The van der Waals surface area contributed by atoms with Gasteiger partial charge in [0.15, 0.2) is 0 Å². The van der Waals surface area contributed by atoms with E-state index in [0.29, 0.717) is 12.2 Å². The quantitative estimate of drug-likeness (QED) is 0.473. The molecule has 1 aromatic carbocycles. The molecule has 0 aliphatic heterocycles. The summed E-state index contributed by atoms with van der Waals surface area (Å²) in [6.45, 7) is 4.14. The third kappa shape index (κ3) is 3.18. The van der Waals surface area contributed by atoms with Crippen molar-refractivity contribution in [2.24, 2.45) is 0 Å². The number of hydrogen-bond donors (Lipinski definition) is 2. The molecule has 1 rings (SSSR count). The number of nitrogen functional groups attached to an aromatic ring is 1. The van der Waals surface area contributed by atoms with E-state index in [4.69, 9.17) is 5.73 Å². The highest BCUT2D eigenvalue weighted by atomic mass is 19.4. The Morgan fingerprint density at radius 2 is 2.06 bits per heavy atom. The Morgan fingerprint density at radius 1 is 1.38 bits per heavy atom. The van der Waals surface area contributed by atoms with E-state index in [1.807, 2.05) is 0 Å². The Kier molecular flexibility index (Phi) is 3.82. The predicted octanol–water partition coefficient (Wildman–Crippen LogP) is 3.28. The van der Waals surface area contributed by atoms with Crippen molar-refractivity contribution in [1.29, 1.82) is 0 Å². The average molecular weight is 230 g/mol. The van der Waals surface area contributed by atoms with Crippen LogP contribution in [0.1, 0.15) is 12.0 Å². The molecule has 0 heterocycles. The molecule has 5 heteroatoms. The van der Waals surface area contributed by atoms with Crippen LogP contribution in [0.25, 0.3) is 0 Å². The zero-order valence-electron chi connectivity index (χ0n) is 8.64. The molecule has 0 aliphatic carbocycles. The maximum Gasteiger partial charge on any atom is 0.416 e. The van der Waals surface area contributed by atoms with Gasteiger partial charge in [-0.3, -0.25) is 0 Å². The van der Waals surface area contributed by atoms with Gasteiger partial charge >= 0.3 is 6.18 Å². The van der Waals surface area contributed by atoms with Gasteiger partial charge in [-0.2, -0.15) is 13.2 Å². The maximum atomic E-state index is 12.3. The number of nitrogens with one attached hydrogen (secondary N) is 1. The first-order valence-electron chi connectivity index (χ1n) is 4.76. The topological polar surface area (TPSA) is 38.0 Å². The Labute approximate surface area is 92.0 Å². The van der Waals surface area contributed by atoms with Crippen molar-refractivity contribution in [3.63, 3.8) is 0 Å². The molecule has 0 aromatic heterocycles. The summed E-state index contributed by atoms with van der Waals surface area (Å²) in [7, 11) is 0. The molecule has 0 bridgehead atoms. The van der Waals surface area contributed by atoms with E-state index in [1.54, 1.807) is 6.08 Å². The van der Waals surface area contributed by atoms with Crippen molar-refractivity contribution in [1.82, 2.24) is 0 Å². The van der Waals surface area contributed by atoms with E-state index < -0.39 is 11.7 Å². The highest BCUT2D eigenvalue weighted by molar-refractivity contribution is 5.67. The zero-order chi connectivity index (χ0) is 12.2. The van der Waals surface area contributed by atoms with E-state index in [0.717, 1.165) is 18.6 Å². The Morgan fingerprint density at radius 3 is 2.56 bits per heavy atom. The van der Waals surface area contributed by atoms with Crippen molar-refractivity contribution in [3.8, 4) is 0 Å². The number of nitrogens with two attached hydrogens (primary N) is 1. The summed E-state index contributed by atoms with van der Waals surface area (Å²) in [5.74, 6) is 0. The van der Waals surface area contributed by atoms with Crippen molar-refractivity contribution >= 4 is 11.4 Å². The minimum absolute atomic E-state index is 0.0962. The maximum absolute atomic E-state index is 12.3. The van der Waals surface area contributed by atoms with Gasteiger partial charge in [0.05, 0.1) is 16.9 Å². The minimum atomic E-state index is -4.35. The number of alkyl halides is 3. The van der Waals surface area contributed by atoms with Crippen LogP contribution in [0.2, 0.25) is 0 Å². The smallest absolute Gasteiger partial charge is 0.397 e. The minimum Gasteiger partial charge on any atom is -0.397 e. The van der Waals surface area contributed by atoms with Gasteiger partial charge in [0.2, 0.25) is 0 Å². The van der Waals surface area contributed by atoms with Gasteiger partial charge in [-0.15, -0.1) is 6.58 Å². The van der Waals surface area contributed by atoms with Crippen molar-refractivity contribution in [2.75, 3.05) is 17.6 Å². The second-order valence-corrected chi connectivity index (χ2v) is 3.30. The molecule has 0 unspecified atom stereocenters. The summed E-state index contributed by atoms with van der Waals surface area (Å²) in [6.07, 6.45) is -1.92. The molecule has 1 aromatic rings. The largest absolute Gasteiger partial charge is 0.416 e. The van der Waals surface area contributed by atoms with Gasteiger partial charge in [-0.25, -0.2) is 0 Å². The average Bonchev–Trinajstić information content (AvgIpc) is 2.19. The molecule has 88 valence electrons. The first kappa shape index (κ1) is 12.4. The molecule has 0 atom stereocenters. The summed E-state index contributed by atoms with van der Waals surface area (Å²) >= 11 is 0. The summed E-state index contributed by atoms with van der Waals surface area (Å²) in [6, 6.07) is 3.27. The fraction of sp³-hybridized carbons (Fsp3) is 0.273. The van der Waals surface area contributed by atoms with Gasteiger partial charge in [-0.1, -0.05) is 6.08 Å². The van der Waals surface area contributed by atoms with E-state index in [9.17, 15) is 13.2 Å². The van der Waals surface area contributed by atoms with Gasteiger partial charge in [-0.05, 0) is 24.6 Å². The Balaban J connectivity index is 2.79.